The van der Waals surface area contributed by atoms with Gasteiger partial charge in [0.2, 0.25) is 5.95 Å². The highest BCUT2D eigenvalue weighted by atomic mass is 35.5. The summed E-state index contributed by atoms with van der Waals surface area (Å²) in [6.45, 7) is 4.03. The standard InChI is InChI=1S/C16H21ClN4O2/c1-2-22-7-8-23-11-20-16-19-10-13(15(18)21-16)9-12-3-5-14(17)6-4-12/h3-6,10H,2,7-9,11H2,1H3,(H3,18,19,20,21). The van der Waals surface area contributed by atoms with Gasteiger partial charge in [0.1, 0.15) is 12.5 Å². The van der Waals surface area contributed by atoms with Crippen LogP contribution in [0.3, 0.4) is 0 Å². The third-order valence-electron chi connectivity index (χ3n) is 3.11. The van der Waals surface area contributed by atoms with Crippen molar-refractivity contribution in [3.8, 4) is 0 Å². The van der Waals surface area contributed by atoms with Gasteiger partial charge in [-0.25, -0.2) is 4.98 Å². The molecule has 0 aliphatic carbocycles. The average molecular weight is 337 g/mol. The SMILES string of the molecule is CCOCCOCNc1ncc(Cc2ccc(Cl)cc2)c(N)n1. The van der Waals surface area contributed by atoms with Crippen molar-refractivity contribution < 1.29 is 9.47 Å². The summed E-state index contributed by atoms with van der Waals surface area (Å²) in [5, 5.41) is 3.67. The molecule has 0 aliphatic heterocycles. The molecule has 1 heterocycles. The molecule has 23 heavy (non-hydrogen) atoms. The molecule has 0 fully saturated rings. The molecule has 6 nitrogen and oxygen atoms in total. The zero-order valence-electron chi connectivity index (χ0n) is 13.1. The summed E-state index contributed by atoms with van der Waals surface area (Å²) >= 11 is 5.88. The van der Waals surface area contributed by atoms with Crippen LogP contribution in [0.1, 0.15) is 18.1 Å². The lowest BCUT2D eigenvalue weighted by molar-refractivity contribution is 0.0602. The lowest BCUT2D eigenvalue weighted by atomic mass is 10.1. The van der Waals surface area contributed by atoms with Crippen LogP contribution in [0.5, 0.6) is 0 Å². The zero-order chi connectivity index (χ0) is 16.5. The van der Waals surface area contributed by atoms with Crippen molar-refractivity contribution in [2.75, 3.05) is 37.6 Å². The third kappa shape index (κ3) is 6.02. The third-order valence-corrected chi connectivity index (χ3v) is 3.37. The number of aromatic nitrogens is 2. The Morgan fingerprint density at radius 2 is 1.91 bits per heavy atom. The fourth-order valence-electron chi connectivity index (χ4n) is 1.91. The monoisotopic (exact) mass is 336 g/mol. The predicted octanol–water partition coefficient (Wildman–Crippen LogP) is 2.73. The van der Waals surface area contributed by atoms with E-state index in [0.717, 1.165) is 11.1 Å². The van der Waals surface area contributed by atoms with Gasteiger partial charge in [0.15, 0.2) is 0 Å². The summed E-state index contributed by atoms with van der Waals surface area (Å²) in [6.07, 6.45) is 2.38. The van der Waals surface area contributed by atoms with Crippen molar-refractivity contribution in [2.45, 2.75) is 13.3 Å². The molecular weight excluding hydrogens is 316 g/mol. The second kappa shape index (κ2) is 9.29. The van der Waals surface area contributed by atoms with Gasteiger partial charge >= 0.3 is 0 Å². The van der Waals surface area contributed by atoms with Crippen molar-refractivity contribution in [3.05, 3.63) is 46.6 Å². The minimum Gasteiger partial charge on any atom is -0.383 e. The molecule has 2 rings (SSSR count). The molecular formula is C16H21ClN4O2. The number of hydrogen-bond acceptors (Lipinski definition) is 6. The molecule has 0 saturated heterocycles. The van der Waals surface area contributed by atoms with Crippen LogP contribution in [0.4, 0.5) is 11.8 Å². The van der Waals surface area contributed by atoms with Crippen LogP contribution in [0, 0.1) is 0 Å². The quantitative estimate of drug-likeness (QED) is 0.541. The maximum absolute atomic E-state index is 5.99. The van der Waals surface area contributed by atoms with E-state index in [9.17, 15) is 0 Å². The Morgan fingerprint density at radius 1 is 1.17 bits per heavy atom. The number of anilines is 2. The van der Waals surface area contributed by atoms with E-state index in [1.165, 1.54) is 0 Å². The molecule has 0 spiro atoms. The topological polar surface area (TPSA) is 82.3 Å². The number of ether oxygens (including phenoxy) is 2. The summed E-state index contributed by atoms with van der Waals surface area (Å²) in [5.41, 5.74) is 7.96. The lowest BCUT2D eigenvalue weighted by Crippen LogP contribution is -2.13. The molecule has 0 amide bonds. The highest BCUT2D eigenvalue weighted by Gasteiger charge is 2.05. The zero-order valence-corrected chi connectivity index (χ0v) is 13.8. The van der Waals surface area contributed by atoms with Gasteiger partial charge in [-0.15, -0.1) is 0 Å². The van der Waals surface area contributed by atoms with E-state index < -0.39 is 0 Å². The summed E-state index contributed by atoms with van der Waals surface area (Å²) < 4.78 is 10.5. The minimum atomic E-state index is 0.309. The molecule has 0 unspecified atom stereocenters. The van der Waals surface area contributed by atoms with Crippen LogP contribution in [0.2, 0.25) is 5.02 Å². The number of nitrogens with one attached hydrogen (secondary N) is 1. The molecule has 7 heteroatoms. The fraction of sp³-hybridized carbons (Fsp3) is 0.375. The van der Waals surface area contributed by atoms with Gasteiger partial charge in [-0.1, -0.05) is 23.7 Å². The molecule has 0 radical (unpaired) electrons. The van der Waals surface area contributed by atoms with E-state index in [2.05, 4.69) is 15.3 Å². The Kier molecular flexibility index (Phi) is 7.06. The van der Waals surface area contributed by atoms with Crippen LogP contribution >= 0.6 is 11.6 Å². The molecule has 1 aromatic carbocycles. The number of nitrogens with two attached hydrogens (primary N) is 1. The maximum Gasteiger partial charge on any atom is 0.226 e. The summed E-state index contributed by atoms with van der Waals surface area (Å²) in [5.74, 6) is 0.894. The van der Waals surface area contributed by atoms with Crippen molar-refractivity contribution >= 4 is 23.4 Å². The number of nitrogen functional groups attached to an aromatic ring is 1. The van der Waals surface area contributed by atoms with E-state index in [0.29, 0.717) is 49.8 Å². The summed E-state index contributed by atoms with van der Waals surface area (Å²) in [7, 11) is 0. The highest BCUT2D eigenvalue weighted by molar-refractivity contribution is 6.30. The minimum absolute atomic E-state index is 0.309. The van der Waals surface area contributed by atoms with Crippen molar-refractivity contribution in [2.24, 2.45) is 0 Å². The second-order valence-electron chi connectivity index (χ2n) is 4.83. The normalized spacial score (nSPS) is 10.7. The van der Waals surface area contributed by atoms with Crippen LogP contribution in [-0.2, 0) is 15.9 Å². The van der Waals surface area contributed by atoms with Crippen LogP contribution in [0.25, 0.3) is 0 Å². The summed E-state index contributed by atoms with van der Waals surface area (Å²) in [6, 6.07) is 7.62. The van der Waals surface area contributed by atoms with E-state index >= 15 is 0 Å². The maximum atomic E-state index is 5.99. The Labute approximate surface area is 141 Å². The first kappa shape index (κ1) is 17.5. The first-order valence-electron chi connectivity index (χ1n) is 7.44. The van der Waals surface area contributed by atoms with Gasteiger partial charge < -0.3 is 20.5 Å². The molecule has 0 aliphatic rings. The predicted molar refractivity (Wildman–Crippen MR) is 91.6 cm³/mol. The Hall–Kier alpha value is -1.89. The fourth-order valence-corrected chi connectivity index (χ4v) is 2.04. The van der Waals surface area contributed by atoms with E-state index in [1.54, 1.807) is 6.20 Å². The van der Waals surface area contributed by atoms with Gasteiger partial charge in [-0.3, -0.25) is 0 Å². The molecule has 3 N–H and O–H groups in total. The van der Waals surface area contributed by atoms with Crippen molar-refractivity contribution in [3.63, 3.8) is 0 Å². The number of nitrogens with zero attached hydrogens (tertiary/aromatic N) is 2. The van der Waals surface area contributed by atoms with Gasteiger partial charge in [-0.2, -0.15) is 4.98 Å². The molecule has 0 bridgehead atoms. The van der Waals surface area contributed by atoms with E-state index in [-0.39, 0.29) is 0 Å². The van der Waals surface area contributed by atoms with Crippen molar-refractivity contribution in [1.82, 2.24) is 9.97 Å². The molecule has 124 valence electrons. The Morgan fingerprint density at radius 3 is 2.61 bits per heavy atom. The molecule has 1 aromatic heterocycles. The van der Waals surface area contributed by atoms with Gasteiger partial charge in [0.25, 0.3) is 0 Å². The number of hydrogen-bond donors (Lipinski definition) is 2. The van der Waals surface area contributed by atoms with Gasteiger partial charge in [-0.05, 0) is 24.6 Å². The highest BCUT2D eigenvalue weighted by Crippen LogP contribution is 2.17. The molecule has 0 saturated carbocycles. The first-order valence-corrected chi connectivity index (χ1v) is 7.82. The van der Waals surface area contributed by atoms with E-state index in [4.69, 9.17) is 26.8 Å². The number of benzene rings is 1. The number of halogens is 1. The smallest absolute Gasteiger partial charge is 0.226 e. The van der Waals surface area contributed by atoms with Crippen LogP contribution < -0.4 is 11.1 Å². The molecule has 2 aromatic rings. The van der Waals surface area contributed by atoms with E-state index in [1.807, 2.05) is 31.2 Å². The van der Waals surface area contributed by atoms with Crippen LogP contribution in [0.15, 0.2) is 30.5 Å². The van der Waals surface area contributed by atoms with Crippen molar-refractivity contribution in [1.29, 1.82) is 0 Å². The Balaban J connectivity index is 1.84. The van der Waals surface area contributed by atoms with Gasteiger partial charge in [0.05, 0.1) is 13.2 Å². The Bertz CT molecular complexity index is 608. The largest absolute Gasteiger partial charge is 0.383 e. The van der Waals surface area contributed by atoms with Gasteiger partial charge in [0, 0.05) is 29.8 Å². The first-order chi connectivity index (χ1) is 11.2. The lowest BCUT2D eigenvalue weighted by Gasteiger charge is -2.09. The second-order valence-corrected chi connectivity index (χ2v) is 5.27. The summed E-state index contributed by atoms with van der Waals surface area (Å²) in [4.78, 5) is 8.49. The number of rotatable bonds is 9. The molecule has 0 atom stereocenters. The average Bonchev–Trinajstić information content (AvgIpc) is 2.55. The van der Waals surface area contributed by atoms with Crippen LogP contribution in [-0.4, -0.2) is 36.5 Å².